The summed E-state index contributed by atoms with van der Waals surface area (Å²) >= 11 is 0. The molecule has 0 aromatic heterocycles. The van der Waals surface area contributed by atoms with Crippen molar-refractivity contribution in [2.75, 3.05) is 25.0 Å². The van der Waals surface area contributed by atoms with Crippen LogP contribution in [0.25, 0.3) is 0 Å². The molecule has 1 aliphatic rings. The molecule has 0 aliphatic carbocycles. The fourth-order valence-electron chi connectivity index (χ4n) is 3.57. The van der Waals surface area contributed by atoms with Gasteiger partial charge in [0.05, 0.1) is 13.1 Å². The van der Waals surface area contributed by atoms with Crippen LogP contribution >= 0.6 is 0 Å². The van der Waals surface area contributed by atoms with Crippen molar-refractivity contribution in [3.63, 3.8) is 0 Å². The number of imide groups is 1. The van der Waals surface area contributed by atoms with Crippen LogP contribution < -0.4 is 15.5 Å². The van der Waals surface area contributed by atoms with Gasteiger partial charge in [0.2, 0.25) is 0 Å². The van der Waals surface area contributed by atoms with E-state index in [4.69, 9.17) is 0 Å². The molecule has 1 aliphatic heterocycles. The average Bonchev–Trinajstić information content (AvgIpc) is 2.40. The molecule has 1 heterocycles. The number of carbonyl (C=O) groups excluding carboxylic acids is 2. The van der Waals surface area contributed by atoms with Crippen LogP contribution in [0.4, 0.5) is 10.5 Å². The number of piperidine rings is 1. The van der Waals surface area contributed by atoms with Crippen molar-refractivity contribution in [2.45, 2.75) is 34.1 Å². The van der Waals surface area contributed by atoms with Gasteiger partial charge in [-0.25, -0.2) is 4.79 Å². The van der Waals surface area contributed by atoms with Gasteiger partial charge in [-0.15, -0.1) is 0 Å². The van der Waals surface area contributed by atoms with Gasteiger partial charge in [-0.3, -0.25) is 10.1 Å². The Balaban J connectivity index is 1.83. The standard InChI is InChI=1S/C18H27N3O2/c1-12-5-6-16(15(4)8-12)19-18(23)20-17(22)11-21-9-13(2)7-14(3)10-21/h5-6,8,13-14H,7,9-11H2,1-4H3,(H2,19,20,22,23)/p+1/t13-,14+. The molecule has 0 spiro atoms. The summed E-state index contributed by atoms with van der Waals surface area (Å²) < 4.78 is 0. The topological polar surface area (TPSA) is 62.6 Å². The monoisotopic (exact) mass is 318 g/mol. The summed E-state index contributed by atoms with van der Waals surface area (Å²) in [4.78, 5) is 25.3. The quantitative estimate of drug-likeness (QED) is 0.791. The first-order valence-electron chi connectivity index (χ1n) is 8.35. The number of anilines is 1. The summed E-state index contributed by atoms with van der Waals surface area (Å²) in [5.41, 5.74) is 2.85. The third-order valence-corrected chi connectivity index (χ3v) is 4.37. The fraction of sp³-hybridized carbons (Fsp3) is 0.556. The largest absolute Gasteiger partial charge is 0.327 e. The number of nitrogens with one attached hydrogen (secondary N) is 3. The zero-order valence-electron chi connectivity index (χ0n) is 14.5. The Morgan fingerprint density at radius 3 is 2.43 bits per heavy atom. The van der Waals surface area contributed by atoms with Crippen LogP contribution in [0.1, 0.15) is 31.4 Å². The van der Waals surface area contributed by atoms with Gasteiger partial charge in [-0.2, -0.15) is 0 Å². The van der Waals surface area contributed by atoms with Gasteiger partial charge in [-0.1, -0.05) is 31.5 Å². The lowest BCUT2D eigenvalue weighted by molar-refractivity contribution is -0.904. The molecule has 3 N–H and O–H groups in total. The maximum atomic E-state index is 12.1. The number of likely N-dealkylation sites (tertiary alicyclic amines) is 1. The van der Waals surface area contributed by atoms with Crippen LogP contribution in [-0.2, 0) is 4.79 Å². The molecule has 1 saturated heterocycles. The number of quaternary nitrogens is 1. The minimum absolute atomic E-state index is 0.219. The van der Waals surface area contributed by atoms with Gasteiger partial charge in [0.25, 0.3) is 5.91 Å². The number of aryl methyl sites for hydroxylation is 2. The van der Waals surface area contributed by atoms with Gasteiger partial charge in [0, 0.05) is 17.5 Å². The summed E-state index contributed by atoms with van der Waals surface area (Å²) in [5, 5.41) is 5.18. The Labute approximate surface area is 138 Å². The van der Waals surface area contributed by atoms with E-state index in [0.29, 0.717) is 18.4 Å². The lowest BCUT2D eigenvalue weighted by Gasteiger charge is -2.31. The first-order valence-corrected chi connectivity index (χ1v) is 8.35. The van der Waals surface area contributed by atoms with E-state index in [-0.39, 0.29) is 5.91 Å². The normalized spacial score (nSPS) is 24.1. The first-order chi connectivity index (χ1) is 10.8. The predicted octanol–water partition coefficient (Wildman–Crippen LogP) is 1.51. The number of carbonyl (C=O) groups is 2. The van der Waals surface area contributed by atoms with E-state index in [1.165, 1.54) is 11.3 Å². The second kappa shape index (κ2) is 7.59. The summed E-state index contributed by atoms with van der Waals surface area (Å²) in [6, 6.07) is 5.33. The maximum Gasteiger partial charge on any atom is 0.326 e. The Kier molecular flexibility index (Phi) is 5.77. The minimum Gasteiger partial charge on any atom is -0.327 e. The van der Waals surface area contributed by atoms with Gasteiger partial charge in [-0.05, 0) is 31.9 Å². The molecule has 3 atom stereocenters. The SMILES string of the molecule is Cc1ccc(NC(=O)NC(=O)C[NH+]2C[C@H](C)C[C@H](C)C2)c(C)c1. The summed E-state index contributed by atoms with van der Waals surface area (Å²) in [6.45, 7) is 10.7. The lowest BCUT2D eigenvalue weighted by atomic mass is 9.92. The summed E-state index contributed by atoms with van der Waals surface area (Å²) in [7, 11) is 0. The van der Waals surface area contributed by atoms with Crippen LogP contribution in [0, 0.1) is 25.7 Å². The van der Waals surface area contributed by atoms with Crippen LogP contribution in [0.15, 0.2) is 18.2 Å². The fourth-order valence-corrected chi connectivity index (χ4v) is 3.57. The van der Waals surface area contributed by atoms with Crippen LogP contribution in [0.5, 0.6) is 0 Å². The molecule has 1 aromatic carbocycles. The summed E-state index contributed by atoms with van der Waals surface area (Å²) in [5.74, 6) is 1.04. The van der Waals surface area contributed by atoms with E-state index >= 15 is 0 Å². The van der Waals surface area contributed by atoms with Gasteiger partial charge in [0.15, 0.2) is 6.54 Å². The molecule has 2 rings (SSSR count). The van der Waals surface area contributed by atoms with E-state index in [1.807, 2.05) is 32.0 Å². The maximum absolute atomic E-state index is 12.1. The van der Waals surface area contributed by atoms with E-state index in [9.17, 15) is 9.59 Å². The second-order valence-electron chi connectivity index (χ2n) is 7.10. The van der Waals surface area contributed by atoms with Crippen molar-refractivity contribution in [1.82, 2.24) is 5.32 Å². The molecule has 0 bridgehead atoms. The van der Waals surface area contributed by atoms with Crippen molar-refractivity contribution in [2.24, 2.45) is 11.8 Å². The molecule has 0 radical (unpaired) electrons. The first kappa shape index (κ1) is 17.5. The molecule has 0 saturated carbocycles. The highest BCUT2D eigenvalue weighted by atomic mass is 16.2. The molecule has 3 amide bonds. The molecule has 5 heteroatoms. The van der Waals surface area contributed by atoms with E-state index in [2.05, 4.69) is 24.5 Å². The number of urea groups is 1. The molecular formula is C18H28N3O2+. The van der Waals surface area contributed by atoms with Gasteiger partial charge < -0.3 is 10.2 Å². The van der Waals surface area contributed by atoms with Crippen LogP contribution in [0.2, 0.25) is 0 Å². The van der Waals surface area contributed by atoms with Crippen LogP contribution in [-0.4, -0.2) is 31.6 Å². The highest BCUT2D eigenvalue weighted by molar-refractivity contribution is 6.01. The average molecular weight is 318 g/mol. The summed E-state index contributed by atoms with van der Waals surface area (Å²) in [6.07, 6.45) is 1.22. The predicted molar refractivity (Wildman–Crippen MR) is 91.6 cm³/mol. The zero-order chi connectivity index (χ0) is 17.0. The molecule has 23 heavy (non-hydrogen) atoms. The highest BCUT2D eigenvalue weighted by Gasteiger charge is 2.27. The molecule has 1 fully saturated rings. The van der Waals surface area contributed by atoms with Gasteiger partial charge in [0.1, 0.15) is 0 Å². The van der Waals surface area contributed by atoms with E-state index in [1.54, 1.807) is 0 Å². The Morgan fingerprint density at radius 1 is 1.17 bits per heavy atom. The number of benzene rings is 1. The van der Waals surface area contributed by atoms with E-state index < -0.39 is 6.03 Å². The lowest BCUT2D eigenvalue weighted by Crippen LogP contribution is -3.15. The van der Waals surface area contributed by atoms with Crippen molar-refractivity contribution >= 4 is 17.6 Å². The Morgan fingerprint density at radius 2 is 1.83 bits per heavy atom. The molecule has 1 unspecified atom stereocenters. The van der Waals surface area contributed by atoms with Crippen molar-refractivity contribution < 1.29 is 14.5 Å². The van der Waals surface area contributed by atoms with E-state index in [0.717, 1.165) is 29.9 Å². The molecule has 126 valence electrons. The number of hydrogen-bond acceptors (Lipinski definition) is 2. The number of rotatable bonds is 3. The number of amides is 3. The molecule has 1 aromatic rings. The van der Waals surface area contributed by atoms with Crippen LogP contribution in [0.3, 0.4) is 0 Å². The third kappa shape index (κ3) is 5.36. The third-order valence-electron chi connectivity index (χ3n) is 4.37. The smallest absolute Gasteiger partial charge is 0.326 e. The van der Waals surface area contributed by atoms with Crippen molar-refractivity contribution in [1.29, 1.82) is 0 Å². The minimum atomic E-state index is -0.459. The molecule has 5 nitrogen and oxygen atoms in total. The highest BCUT2D eigenvalue weighted by Crippen LogP contribution is 2.15. The Bertz CT molecular complexity index is 576. The zero-order valence-corrected chi connectivity index (χ0v) is 14.5. The van der Waals surface area contributed by atoms with Gasteiger partial charge >= 0.3 is 6.03 Å². The van der Waals surface area contributed by atoms with Crippen molar-refractivity contribution in [3.05, 3.63) is 29.3 Å². The van der Waals surface area contributed by atoms with Crippen molar-refractivity contribution in [3.8, 4) is 0 Å². The second-order valence-corrected chi connectivity index (χ2v) is 7.10. The molecular weight excluding hydrogens is 290 g/mol. The number of hydrogen-bond donors (Lipinski definition) is 3. The Hall–Kier alpha value is -1.88.